The number of aromatic nitrogens is 1. The van der Waals surface area contributed by atoms with Crippen molar-refractivity contribution >= 4 is 16.9 Å². The molecule has 1 aliphatic rings. The first-order valence-electron chi connectivity index (χ1n) is 6.06. The fourth-order valence-electron chi connectivity index (χ4n) is 2.53. The number of nitrogens with one attached hydrogen (secondary N) is 1. The molecule has 1 aliphatic carbocycles. The molecule has 1 saturated carbocycles. The van der Waals surface area contributed by atoms with Gasteiger partial charge < -0.3 is 14.8 Å². The second-order valence-electron chi connectivity index (χ2n) is 4.82. The highest BCUT2D eigenvalue weighted by Crippen LogP contribution is 2.38. The molecule has 0 spiro atoms. The molecule has 1 aromatic heterocycles. The van der Waals surface area contributed by atoms with Crippen LogP contribution in [0.25, 0.3) is 10.9 Å². The molecule has 1 fully saturated rings. The summed E-state index contributed by atoms with van der Waals surface area (Å²) in [6, 6.07) is 6.05. The van der Waals surface area contributed by atoms with Crippen molar-refractivity contribution < 1.29 is 14.6 Å². The van der Waals surface area contributed by atoms with E-state index in [1.807, 2.05) is 12.1 Å². The number of hydrogen-bond acceptors (Lipinski definition) is 3. The molecule has 1 heterocycles. The summed E-state index contributed by atoms with van der Waals surface area (Å²) in [5, 5.41) is 10.2. The quantitative estimate of drug-likeness (QED) is 0.797. The van der Waals surface area contributed by atoms with Crippen LogP contribution in [0.15, 0.2) is 24.4 Å². The van der Waals surface area contributed by atoms with E-state index in [2.05, 4.69) is 11.1 Å². The van der Waals surface area contributed by atoms with Gasteiger partial charge in [0.25, 0.3) is 0 Å². The minimum absolute atomic E-state index is 0.169. The van der Waals surface area contributed by atoms with E-state index in [1.165, 1.54) is 12.7 Å². The summed E-state index contributed by atoms with van der Waals surface area (Å²) in [4.78, 5) is 14.7. The van der Waals surface area contributed by atoms with Crippen LogP contribution in [-0.4, -0.2) is 29.3 Å². The Morgan fingerprint density at radius 2 is 2.22 bits per heavy atom. The van der Waals surface area contributed by atoms with E-state index in [1.54, 1.807) is 6.20 Å². The number of aliphatic hydroxyl groups is 1. The summed E-state index contributed by atoms with van der Waals surface area (Å²) < 4.78 is 4.76. The van der Waals surface area contributed by atoms with Crippen molar-refractivity contribution in [2.24, 2.45) is 0 Å². The monoisotopic (exact) mass is 245 g/mol. The van der Waals surface area contributed by atoms with E-state index < -0.39 is 0 Å². The van der Waals surface area contributed by atoms with Crippen LogP contribution in [0.3, 0.4) is 0 Å². The maximum Gasteiger partial charge on any atom is 0.340 e. The normalized spacial score (nSPS) is 22.8. The number of ether oxygens (including phenoxy) is 1. The molecule has 4 heteroatoms. The number of carbonyl (C=O) groups is 1. The van der Waals surface area contributed by atoms with Crippen molar-refractivity contribution in [1.29, 1.82) is 0 Å². The van der Waals surface area contributed by atoms with Gasteiger partial charge in [-0.05, 0) is 36.5 Å². The number of rotatable bonds is 2. The fraction of sp³-hybridized carbons (Fsp3) is 0.357. The van der Waals surface area contributed by atoms with Gasteiger partial charge in [0, 0.05) is 17.1 Å². The minimum atomic E-state index is -0.327. The maximum atomic E-state index is 11.6. The molecule has 1 aromatic carbocycles. The van der Waals surface area contributed by atoms with Crippen LogP contribution in [-0.2, 0) is 4.74 Å². The molecule has 0 radical (unpaired) electrons. The molecule has 0 bridgehead atoms. The van der Waals surface area contributed by atoms with Gasteiger partial charge in [-0.25, -0.2) is 4.79 Å². The Morgan fingerprint density at radius 3 is 2.89 bits per heavy atom. The summed E-state index contributed by atoms with van der Waals surface area (Å²) in [6.07, 6.45) is 3.13. The molecule has 2 N–H and O–H groups in total. The third-order valence-corrected chi connectivity index (χ3v) is 3.70. The average Bonchev–Trinajstić information content (AvgIpc) is 2.76. The number of esters is 1. The van der Waals surface area contributed by atoms with Crippen LogP contribution in [0.2, 0.25) is 0 Å². The second-order valence-corrected chi connectivity index (χ2v) is 4.82. The highest BCUT2D eigenvalue weighted by Gasteiger charge is 2.28. The highest BCUT2D eigenvalue weighted by molar-refractivity contribution is 6.04. The first-order valence-corrected chi connectivity index (χ1v) is 6.06. The highest BCUT2D eigenvalue weighted by atomic mass is 16.5. The molecule has 0 aliphatic heterocycles. The molecule has 0 unspecified atom stereocenters. The van der Waals surface area contributed by atoms with Gasteiger partial charge in [0.2, 0.25) is 0 Å². The third kappa shape index (κ3) is 1.69. The summed E-state index contributed by atoms with van der Waals surface area (Å²) >= 11 is 0. The zero-order valence-electron chi connectivity index (χ0n) is 10.1. The Balaban J connectivity index is 2.01. The summed E-state index contributed by atoms with van der Waals surface area (Å²) in [6.45, 7) is 0. The Morgan fingerprint density at radius 1 is 1.44 bits per heavy atom. The SMILES string of the molecule is COC(=O)c1c[nH]c2ccc(C3CC(O)C3)cc12. The molecular weight excluding hydrogens is 230 g/mol. The largest absolute Gasteiger partial charge is 0.465 e. The second kappa shape index (κ2) is 4.14. The lowest BCUT2D eigenvalue weighted by Gasteiger charge is -2.31. The zero-order valence-corrected chi connectivity index (χ0v) is 10.1. The standard InChI is InChI=1S/C14H15NO3/c1-18-14(17)12-7-15-13-3-2-8(6-11(12)13)9-4-10(16)5-9/h2-3,6-7,9-10,15-16H,4-5H2,1H3. The number of methoxy groups -OCH3 is 1. The van der Waals surface area contributed by atoms with Gasteiger partial charge in [-0.15, -0.1) is 0 Å². The molecule has 18 heavy (non-hydrogen) atoms. The number of hydrogen-bond donors (Lipinski definition) is 2. The zero-order chi connectivity index (χ0) is 12.7. The number of aliphatic hydroxyl groups excluding tert-OH is 1. The van der Waals surface area contributed by atoms with E-state index in [0.717, 1.165) is 23.7 Å². The van der Waals surface area contributed by atoms with E-state index in [9.17, 15) is 9.90 Å². The fourth-order valence-corrected chi connectivity index (χ4v) is 2.53. The average molecular weight is 245 g/mol. The van der Waals surface area contributed by atoms with Crippen LogP contribution in [0, 0.1) is 0 Å². The van der Waals surface area contributed by atoms with Gasteiger partial charge in [-0.3, -0.25) is 0 Å². The van der Waals surface area contributed by atoms with E-state index >= 15 is 0 Å². The Bertz CT molecular complexity index is 596. The minimum Gasteiger partial charge on any atom is -0.465 e. The molecule has 2 aromatic rings. The van der Waals surface area contributed by atoms with Gasteiger partial charge in [0.05, 0.1) is 18.8 Å². The van der Waals surface area contributed by atoms with Crippen LogP contribution in [0.1, 0.15) is 34.7 Å². The lowest BCUT2D eigenvalue weighted by molar-refractivity contribution is 0.0602. The van der Waals surface area contributed by atoms with E-state index in [4.69, 9.17) is 4.74 Å². The number of aromatic amines is 1. The Kier molecular flexibility index (Phi) is 2.59. The van der Waals surface area contributed by atoms with Gasteiger partial charge in [-0.2, -0.15) is 0 Å². The van der Waals surface area contributed by atoms with Crippen molar-refractivity contribution in [2.75, 3.05) is 7.11 Å². The summed E-state index contributed by atoms with van der Waals surface area (Å²) in [5.74, 6) is 0.0804. The lowest BCUT2D eigenvalue weighted by Crippen LogP contribution is -2.26. The molecule has 0 atom stereocenters. The van der Waals surface area contributed by atoms with Crippen molar-refractivity contribution in [3.8, 4) is 0 Å². The molecule has 3 rings (SSSR count). The van der Waals surface area contributed by atoms with Gasteiger partial charge in [0.15, 0.2) is 0 Å². The lowest BCUT2D eigenvalue weighted by atomic mass is 9.77. The van der Waals surface area contributed by atoms with Gasteiger partial charge in [-0.1, -0.05) is 6.07 Å². The summed E-state index contributed by atoms with van der Waals surface area (Å²) in [5.41, 5.74) is 2.67. The number of H-pyrrole nitrogens is 1. The first-order chi connectivity index (χ1) is 8.69. The number of benzene rings is 1. The predicted octanol–water partition coefficient (Wildman–Crippen LogP) is 2.19. The van der Waals surface area contributed by atoms with Crippen molar-refractivity contribution in [3.63, 3.8) is 0 Å². The topological polar surface area (TPSA) is 62.3 Å². The van der Waals surface area contributed by atoms with Crippen LogP contribution in [0.4, 0.5) is 0 Å². The van der Waals surface area contributed by atoms with Crippen molar-refractivity contribution in [2.45, 2.75) is 24.9 Å². The summed E-state index contributed by atoms with van der Waals surface area (Å²) in [7, 11) is 1.38. The van der Waals surface area contributed by atoms with Crippen LogP contribution in [0.5, 0.6) is 0 Å². The molecular formula is C14H15NO3. The Labute approximate surface area is 105 Å². The first kappa shape index (κ1) is 11.3. The third-order valence-electron chi connectivity index (χ3n) is 3.70. The Hall–Kier alpha value is -1.81. The van der Waals surface area contributed by atoms with Gasteiger partial charge >= 0.3 is 5.97 Å². The van der Waals surface area contributed by atoms with E-state index in [0.29, 0.717) is 11.5 Å². The van der Waals surface area contributed by atoms with Gasteiger partial charge in [0.1, 0.15) is 0 Å². The maximum absolute atomic E-state index is 11.6. The molecule has 0 saturated heterocycles. The smallest absolute Gasteiger partial charge is 0.340 e. The van der Waals surface area contributed by atoms with E-state index in [-0.39, 0.29) is 12.1 Å². The number of fused-ring (bicyclic) bond motifs is 1. The number of carbonyl (C=O) groups excluding carboxylic acids is 1. The van der Waals surface area contributed by atoms with Crippen LogP contribution < -0.4 is 0 Å². The van der Waals surface area contributed by atoms with Crippen molar-refractivity contribution in [1.82, 2.24) is 4.98 Å². The van der Waals surface area contributed by atoms with Crippen LogP contribution >= 0.6 is 0 Å². The molecule has 0 amide bonds. The predicted molar refractivity (Wildman–Crippen MR) is 67.6 cm³/mol. The molecule has 94 valence electrons. The van der Waals surface area contributed by atoms with Crippen molar-refractivity contribution in [3.05, 3.63) is 35.5 Å². The molecule has 4 nitrogen and oxygen atoms in total.